The number of benzene rings is 2. The van der Waals surface area contributed by atoms with Crippen LogP contribution in [0.1, 0.15) is 74.9 Å². The van der Waals surface area contributed by atoms with Crippen LogP contribution in [-0.4, -0.2) is 29.0 Å². The second kappa shape index (κ2) is 10.7. The zero-order valence-corrected chi connectivity index (χ0v) is 16.8. The van der Waals surface area contributed by atoms with Crippen LogP contribution in [0.2, 0.25) is 0 Å². The molecule has 144 valence electrons. The molecule has 27 heavy (non-hydrogen) atoms. The summed E-state index contributed by atoms with van der Waals surface area (Å²) in [5.74, 6) is 5.99. The van der Waals surface area contributed by atoms with Crippen molar-refractivity contribution in [1.82, 2.24) is 4.90 Å². The highest BCUT2D eigenvalue weighted by molar-refractivity contribution is 6.08. The third-order valence-corrected chi connectivity index (χ3v) is 4.91. The summed E-state index contributed by atoms with van der Waals surface area (Å²) in [4.78, 5) is 14.9. The molecule has 1 amide bonds. The molecular formula is C24H31NO2. The zero-order chi connectivity index (χ0) is 19.6. The second-order valence-corrected chi connectivity index (χ2v) is 6.76. The monoisotopic (exact) mass is 365 g/mol. The Balaban J connectivity index is 2.36. The molecule has 2 aromatic carbocycles. The molecule has 0 aromatic heterocycles. The van der Waals surface area contributed by atoms with Gasteiger partial charge in [0.15, 0.2) is 0 Å². The number of fused-ring (bicyclic) bond motifs is 1. The predicted molar refractivity (Wildman–Crippen MR) is 113 cm³/mol. The van der Waals surface area contributed by atoms with Crippen molar-refractivity contribution >= 4 is 16.7 Å². The van der Waals surface area contributed by atoms with Gasteiger partial charge in [0.2, 0.25) is 0 Å². The number of aliphatic hydroxyl groups excluding tert-OH is 1. The fourth-order valence-corrected chi connectivity index (χ4v) is 3.31. The van der Waals surface area contributed by atoms with Crippen LogP contribution in [0.3, 0.4) is 0 Å². The van der Waals surface area contributed by atoms with E-state index in [-0.39, 0.29) is 5.91 Å². The number of aliphatic hydroxyl groups is 1. The molecule has 3 heteroatoms. The Labute approximate surface area is 163 Å². The number of hydrogen-bond acceptors (Lipinski definition) is 2. The molecule has 0 heterocycles. The Morgan fingerprint density at radius 2 is 1.78 bits per heavy atom. The molecule has 3 nitrogen and oxygen atoms in total. The van der Waals surface area contributed by atoms with Crippen LogP contribution in [0.5, 0.6) is 0 Å². The summed E-state index contributed by atoms with van der Waals surface area (Å²) in [5.41, 5.74) is 1.18. The maximum absolute atomic E-state index is 13.2. The third kappa shape index (κ3) is 5.34. The molecule has 0 saturated carbocycles. The van der Waals surface area contributed by atoms with Gasteiger partial charge in [-0.15, -0.1) is 5.92 Å². The van der Waals surface area contributed by atoms with Crippen LogP contribution >= 0.6 is 0 Å². The van der Waals surface area contributed by atoms with E-state index in [1.807, 2.05) is 50.2 Å². The summed E-state index contributed by atoms with van der Waals surface area (Å²) >= 11 is 0. The lowest BCUT2D eigenvalue weighted by Gasteiger charge is -2.22. The van der Waals surface area contributed by atoms with Gasteiger partial charge in [0.05, 0.1) is 5.56 Å². The van der Waals surface area contributed by atoms with Gasteiger partial charge in [-0.25, -0.2) is 0 Å². The van der Waals surface area contributed by atoms with Gasteiger partial charge in [-0.05, 0) is 31.0 Å². The zero-order valence-electron chi connectivity index (χ0n) is 16.8. The van der Waals surface area contributed by atoms with Gasteiger partial charge in [-0.3, -0.25) is 4.79 Å². The topological polar surface area (TPSA) is 40.5 Å². The molecule has 1 atom stereocenters. The number of hydrogen-bond donors (Lipinski definition) is 1. The summed E-state index contributed by atoms with van der Waals surface area (Å²) in [5, 5.41) is 12.6. The second-order valence-electron chi connectivity index (χ2n) is 6.76. The van der Waals surface area contributed by atoms with Gasteiger partial charge in [0, 0.05) is 25.1 Å². The number of rotatable bonds is 8. The van der Waals surface area contributed by atoms with Crippen LogP contribution in [0.15, 0.2) is 36.4 Å². The summed E-state index contributed by atoms with van der Waals surface area (Å²) < 4.78 is 0. The van der Waals surface area contributed by atoms with Gasteiger partial charge >= 0.3 is 0 Å². The van der Waals surface area contributed by atoms with E-state index in [4.69, 9.17) is 0 Å². The quantitative estimate of drug-likeness (QED) is 0.507. The first-order valence-electron chi connectivity index (χ1n) is 10.1. The Bertz CT molecular complexity index is 812. The van der Waals surface area contributed by atoms with Gasteiger partial charge in [0.1, 0.15) is 6.10 Å². The minimum atomic E-state index is -0.949. The van der Waals surface area contributed by atoms with E-state index < -0.39 is 6.10 Å². The van der Waals surface area contributed by atoms with Crippen molar-refractivity contribution in [2.45, 2.75) is 59.0 Å². The normalized spacial score (nSPS) is 11.7. The predicted octanol–water partition coefficient (Wildman–Crippen LogP) is 5.33. The lowest BCUT2D eigenvalue weighted by molar-refractivity contribution is 0.0770. The van der Waals surface area contributed by atoms with Gasteiger partial charge < -0.3 is 10.0 Å². The van der Waals surface area contributed by atoms with Crippen molar-refractivity contribution in [3.05, 3.63) is 47.5 Å². The first kappa shape index (κ1) is 21.0. The smallest absolute Gasteiger partial charge is 0.254 e. The van der Waals surface area contributed by atoms with Gasteiger partial charge in [0.25, 0.3) is 5.91 Å². The van der Waals surface area contributed by atoms with E-state index in [0.717, 1.165) is 23.6 Å². The highest BCUT2D eigenvalue weighted by Crippen LogP contribution is 2.28. The Morgan fingerprint density at radius 3 is 2.48 bits per heavy atom. The highest BCUT2D eigenvalue weighted by Gasteiger charge is 2.22. The Kier molecular flexibility index (Phi) is 8.36. The lowest BCUT2D eigenvalue weighted by atomic mass is 9.94. The van der Waals surface area contributed by atoms with E-state index >= 15 is 0 Å². The van der Waals surface area contributed by atoms with Crippen LogP contribution in [-0.2, 0) is 0 Å². The maximum Gasteiger partial charge on any atom is 0.254 e. The van der Waals surface area contributed by atoms with Crippen LogP contribution in [0.4, 0.5) is 0 Å². The number of amides is 1. The van der Waals surface area contributed by atoms with Crippen molar-refractivity contribution in [1.29, 1.82) is 0 Å². The SMILES string of the molecule is CCCCCCC#CC(O)c1ccc2ccccc2c1C(=O)N(CC)CC. The van der Waals surface area contributed by atoms with Crippen LogP contribution in [0.25, 0.3) is 10.8 Å². The summed E-state index contributed by atoms with van der Waals surface area (Å²) in [6.45, 7) is 7.40. The first-order chi connectivity index (χ1) is 13.1. The van der Waals surface area contributed by atoms with Crippen molar-refractivity contribution in [2.75, 3.05) is 13.1 Å². The third-order valence-electron chi connectivity index (χ3n) is 4.91. The molecule has 2 rings (SSSR count). The molecule has 0 saturated heterocycles. The maximum atomic E-state index is 13.2. The molecule has 1 N–H and O–H groups in total. The molecule has 0 radical (unpaired) electrons. The summed E-state index contributed by atoms with van der Waals surface area (Å²) in [6, 6.07) is 11.6. The molecular weight excluding hydrogens is 334 g/mol. The van der Waals surface area contributed by atoms with E-state index in [0.29, 0.717) is 24.2 Å². The first-order valence-corrected chi connectivity index (χ1v) is 10.1. The number of carbonyl (C=O) groups is 1. The largest absolute Gasteiger partial charge is 0.376 e. The standard InChI is InChI=1S/C24H31NO2/c1-4-7-8-9-10-11-16-22(26)21-18-17-19-14-12-13-15-20(19)23(21)24(27)25(5-2)6-3/h12-15,17-18,22,26H,4-10H2,1-3H3. The molecule has 0 aliphatic heterocycles. The highest BCUT2D eigenvalue weighted by atomic mass is 16.3. The summed E-state index contributed by atoms with van der Waals surface area (Å²) in [6.07, 6.45) is 4.47. The van der Waals surface area contributed by atoms with Crippen molar-refractivity contribution in [3.63, 3.8) is 0 Å². The number of unbranched alkanes of at least 4 members (excludes halogenated alkanes) is 4. The molecule has 0 aliphatic rings. The van der Waals surface area contributed by atoms with Crippen LogP contribution < -0.4 is 0 Å². The average molecular weight is 366 g/mol. The number of nitrogens with zero attached hydrogens (tertiary/aromatic N) is 1. The molecule has 0 bridgehead atoms. The minimum Gasteiger partial charge on any atom is -0.376 e. The van der Waals surface area contributed by atoms with Crippen molar-refractivity contribution < 1.29 is 9.90 Å². The fourth-order valence-electron chi connectivity index (χ4n) is 3.31. The van der Waals surface area contributed by atoms with Crippen molar-refractivity contribution in [3.8, 4) is 11.8 Å². The van der Waals surface area contributed by atoms with Crippen molar-refractivity contribution in [2.24, 2.45) is 0 Å². The molecule has 0 aliphatic carbocycles. The van der Waals surface area contributed by atoms with E-state index in [9.17, 15) is 9.90 Å². The molecule has 2 aromatic rings. The summed E-state index contributed by atoms with van der Waals surface area (Å²) in [7, 11) is 0. The molecule has 1 unspecified atom stereocenters. The lowest BCUT2D eigenvalue weighted by Crippen LogP contribution is -2.31. The van der Waals surface area contributed by atoms with Gasteiger partial charge in [-0.2, -0.15) is 0 Å². The number of carbonyl (C=O) groups excluding carboxylic acids is 1. The fraction of sp³-hybridized carbons (Fsp3) is 0.458. The Hall–Kier alpha value is -2.31. The van der Waals surface area contributed by atoms with E-state index in [1.165, 1.54) is 19.3 Å². The van der Waals surface area contributed by atoms with Crippen LogP contribution in [0, 0.1) is 11.8 Å². The average Bonchev–Trinajstić information content (AvgIpc) is 2.70. The van der Waals surface area contributed by atoms with E-state index in [2.05, 4.69) is 18.8 Å². The van der Waals surface area contributed by atoms with E-state index in [1.54, 1.807) is 4.90 Å². The Morgan fingerprint density at radius 1 is 1.04 bits per heavy atom. The van der Waals surface area contributed by atoms with Gasteiger partial charge in [-0.1, -0.05) is 68.5 Å². The minimum absolute atomic E-state index is 0.0457. The molecule has 0 spiro atoms. The molecule has 0 fully saturated rings.